The van der Waals surface area contributed by atoms with Gasteiger partial charge in [-0.05, 0) is 37.3 Å². The lowest BCUT2D eigenvalue weighted by Gasteiger charge is -2.22. The minimum absolute atomic E-state index is 0.339. The number of benzene rings is 1. The van der Waals surface area contributed by atoms with Crippen molar-refractivity contribution in [3.05, 3.63) is 18.2 Å². The Balaban J connectivity index is 2.90. The first-order valence-corrected chi connectivity index (χ1v) is 10.3. The van der Waals surface area contributed by atoms with Gasteiger partial charge >= 0.3 is 7.60 Å². The van der Waals surface area contributed by atoms with E-state index in [9.17, 15) is 4.57 Å². The van der Waals surface area contributed by atoms with Crippen LogP contribution in [-0.2, 0) is 9.09 Å². The molecule has 5 nitrogen and oxygen atoms in total. The van der Waals surface area contributed by atoms with Crippen LogP contribution in [0.2, 0.25) is 0 Å². The molecule has 0 heterocycles. The van der Waals surface area contributed by atoms with Crippen LogP contribution in [0.3, 0.4) is 0 Å². The van der Waals surface area contributed by atoms with Crippen LogP contribution in [0.15, 0.2) is 18.2 Å². The summed E-state index contributed by atoms with van der Waals surface area (Å²) in [5.41, 5.74) is 0. The molecule has 0 aliphatic carbocycles. The Morgan fingerprint density at radius 2 is 1.71 bits per heavy atom. The third-order valence-electron chi connectivity index (χ3n) is 3.61. The van der Waals surface area contributed by atoms with Crippen LogP contribution in [-0.4, -0.2) is 27.0 Å². The summed E-state index contributed by atoms with van der Waals surface area (Å²) in [6.45, 7) is 6.79. The highest BCUT2D eigenvalue weighted by Gasteiger charge is 2.29. The third-order valence-corrected chi connectivity index (χ3v) is 5.51. The van der Waals surface area contributed by atoms with E-state index in [1.165, 1.54) is 0 Å². The number of para-hydroxylation sites is 1. The van der Waals surface area contributed by atoms with Gasteiger partial charge in [0, 0.05) is 0 Å². The minimum atomic E-state index is -3.26. The van der Waals surface area contributed by atoms with Crippen LogP contribution in [0.5, 0.6) is 17.2 Å². The molecular formula is C18H31O5P. The lowest BCUT2D eigenvalue weighted by atomic mass is 10.1. The molecule has 6 heteroatoms. The number of methoxy groups -OCH3 is 2. The summed E-state index contributed by atoms with van der Waals surface area (Å²) in [6, 6.07) is 5.30. The standard InChI is InChI=1S/C18H31O5P/c1-6-7-14-24(19,22-13-9-10-15(2)3)23-18-16(20-4)11-8-12-17(18)21-5/h8,11-12,15H,6-7,9-10,13-14H2,1-5H3. The quantitative estimate of drug-likeness (QED) is 0.363. The lowest BCUT2D eigenvalue weighted by molar-refractivity contribution is 0.247. The van der Waals surface area contributed by atoms with E-state index in [2.05, 4.69) is 13.8 Å². The number of unbranched alkanes of at least 4 members (excludes halogenated alkanes) is 1. The number of hydrogen-bond acceptors (Lipinski definition) is 5. The van der Waals surface area contributed by atoms with Gasteiger partial charge < -0.3 is 14.0 Å². The van der Waals surface area contributed by atoms with E-state index in [4.69, 9.17) is 18.5 Å². The molecule has 0 bridgehead atoms. The fourth-order valence-corrected chi connectivity index (χ4v) is 4.07. The predicted octanol–water partition coefficient (Wildman–Crippen LogP) is 5.53. The van der Waals surface area contributed by atoms with Gasteiger partial charge in [-0.2, -0.15) is 0 Å². The highest BCUT2D eigenvalue weighted by Crippen LogP contribution is 2.53. The molecule has 0 spiro atoms. The molecule has 0 amide bonds. The topological polar surface area (TPSA) is 54.0 Å². The Morgan fingerprint density at radius 1 is 1.08 bits per heavy atom. The van der Waals surface area contributed by atoms with Gasteiger partial charge in [0.2, 0.25) is 5.75 Å². The SMILES string of the molecule is CCCCP(=O)(OCCCC(C)C)Oc1c(OC)cccc1OC. The molecule has 0 saturated heterocycles. The van der Waals surface area contributed by atoms with Gasteiger partial charge in [-0.3, -0.25) is 4.52 Å². The molecule has 1 aromatic rings. The fourth-order valence-electron chi connectivity index (χ4n) is 2.23. The Hall–Kier alpha value is -1.19. The van der Waals surface area contributed by atoms with Crippen LogP contribution < -0.4 is 14.0 Å². The van der Waals surface area contributed by atoms with Crippen molar-refractivity contribution < 1.29 is 23.1 Å². The highest BCUT2D eigenvalue weighted by molar-refractivity contribution is 7.54. The van der Waals surface area contributed by atoms with E-state index in [0.29, 0.717) is 35.9 Å². The fraction of sp³-hybridized carbons (Fsp3) is 0.667. The summed E-state index contributed by atoms with van der Waals surface area (Å²) >= 11 is 0. The molecule has 1 atom stereocenters. The van der Waals surface area contributed by atoms with Gasteiger partial charge in [0.15, 0.2) is 11.5 Å². The summed E-state index contributed by atoms with van der Waals surface area (Å²) in [6.07, 6.45) is 3.98. The van der Waals surface area contributed by atoms with Crippen LogP contribution in [0.1, 0.15) is 46.5 Å². The van der Waals surface area contributed by atoms with E-state index in [0.717, 1.165) is 25.7 Å². The van der Waals surface area contributed by atoms with Crippen molar-refractivity contribution in [3.8, 4) is 17.2 Å². The Kier molecular flexibility index (Phi) is 9.24. The van der Waals surface area contributed by atoms with Crippen LogP contribution in [0.25, 0.3) is 0 Å². The van der Waals surface area contributed by atoms with Crippen molar-refractivity contribution >= 4 is 7.60 Å². The highest BCUT2D eigenvalue weighted by atomic mass is 31.2. The molecular weight excluding hydrogens is 327 g/mol. The first-order valence-electron chi connectivity index (χ1n) is 8.60. The average Bonchev–Trinajstić information content (AvgIpc) is 2.57. The van der Waals surface area contributed by atoms with Crippen molar-refractivity contribution in [2.45, 2.75) is 46.5 Å². The molecule has 0 fully saturated rings. The molecule has 0 aliphatic rings. The predicted molar refractivity (Wildman–Crippen MR) is 97.6 cm³/mol. The zero-order valence-corrected chi connectivity index (χ0v) is 16.4. The monoisotopic (exact) mass is 358 g/mol. The van der Waals surface area contributed by atoms with Gasteiger partial charge in [0.05, 0.1) is 27.0 Å². The second-order valence-corrected chi connectivity index (χ2v) is 8.25. The Bertz CT molecular complexity index is 508. The second kappa shape index (κ2) is 10.6. The maximum absolute atomic E-state index is 13.2. The van der Waals surface area contributed by atoms with E-state index in [1.807, 2.05) is 6.92 Å². The number of rotatable bonds is 12. The molecule has 0 saturated carbocycles. The zero-order chi connectivity index (χ0) is 18.0. The van der Waals surface area contributed by atoms with E-state index < -0.39 is 7.60 Å². The maximum Gasteiger partial charge on any atom is 0.379 e. The first-order chi connectivity index (χ1) is 11.5. The molecule has 1 unspecified atom stereocenters. The lowest BCUT2D eigenvalue weighted by Crippen LogP contribution is -2.06. The van der Waals surface area contributed by atoms with Gasteiger partial charge in [-0.25, -0.2) is 4.57 Å². The Morgan fingerprint density at radius 3 is 2.21 bits per heavy atom. The minimum Gasteiger partial charge on any atom is -0.493 e. The second-order valence-electron chi connectivity index (χ2n) is 6.14. The molecule has 138 valence electrons. The largest absolute Gasteiger partial charge is 0.493 e. The molecule has 0 N–H and O–H groups in total. The third kappa shape index (κ3) is 6.74. The molecule has 1 aromatic carbocycles. The smallest absolute Gasteiger partial charge is 0.379 e. The Labute approximate surface area is 146 Å². The van der Waals surface area contributed by atoms with Crippen LogP contribution >= 0.6 is 7.60 Å². The number of ether oxygens (including phenoxy) is 2. The summed E-state index contributed by atoms with van der Waals surface area (Å²) in [5.74, 6) is 1.90. The van der Waals surface area contributed by atoms with Crippen molar-refractivity contribution in [1.29, 1.82) is 0 Å². The first kappa shape index (κ1) is 20.9. The summed E-state index contributed by atoms with van der Waals surface area (Å²) < 4.78 is 35.3. The van der Waals surface area contributed by atoms with Crippen LogP contribution in [0, 0.1) is 5.92 Å². The number of hydrogen-bond donors (Lipinski definition) is 0. The van der Waals surface area contributed by atoms with Gasteiger partial charge in [0.25, 0.3) is 0 Å². The molecule has 0 aliphatic heterocycles. The normalized spacial score (nSPS) is 13.6. The van der Waals surface area contributed by atoms with E-state index >= 15 is 0 Å². The van der Waals surface area contributed by atoms with Gasteiger partial charge in [-0.1, -0.05) is 33.3 Å². The molecule has 1 rings (SSSR count). The van der Waals surface area contributed by atoms with Crippen molar-refractivity contribution in [3.63, 3.8) is 0 Å². The summed E-state index contributed by atoms with van der Waals surface area (Å²) in [7, 11) is -0.170. The summed E-state index contributed by atoms with van der Waals surface area (Å²) in [4.78, 5) is 0. The molecule has 0 radical (unpaired) electrons. The van der Waals surface area contributed by atoms with E-state index in [-0.39, 0.29) is 0 Å². The van der Waals surface area contributed by atoms with Gasteiger partial charge in [0.1, 0.15) is 0 Å². The van der Waals surface area contributed by atoms with Crippen molar-refractivity contribution in [2.75, 3.05) is 27.0 Å². The van der Waals surface area contributed by atoms with Crippen molar-refractivity contribution in [1.82, 2.24) is 0 Å². The maximum atomic E-state index is 13.2. The van der Waals surface area contributed by atoms with Gasteiger partial charge in [-0.15, -0.1) is 0 Å². The molecule has 0 aromatic heterocycles. The van der Waals surface area contributed by atoms with Crippen molar-refractivity contribution in [2.24, 2.45) is 5.92 Å². The molecule has 24 heavy (non-hydrogen) atoms. The van der Waals surface area contributed by atoms with E-state index in [1.54, 1.807) is 32.4 Å². The van der Waals surface area contributed by atoms with Crippen LogP contribution in [0.4, 0.5) is 0 Å². The average molecular weight is 358 g/mol. The zero-order valence-electron chi connectivity index (χ0n) is 15.5. The summed E-state index contributed by atoms with van der Waals surface area (Å²) in [5, 5.41) is 0.